The molecule has 0 unspecified atom stereocenters. The van der Waals surface area contributed by atoms with Crippen molar-refractivity contribution in [3.63, 3.8) is 0 Å². The number of rotatable bonds is 14. The molecule has 0 aliphatic carbocycles. The maximum atomic E-state index is 6.05. The molecule has 0 bridgehead atoms. The van der Waals surface area contributed by atoms with Crippen LogP contribution in [-0.2, 0) is 23.3 Å². The monoisotopic (exact) mass is 552 g/mol. The first-order chi connectivity index (χ1) is 18.3. The molecular weight excluding hydrogens is 506 g/mol. The van der Waals surface area contributed by atoms with Crippen molar-refractivity contribution in [2.45, 2.75) is 59.6 Å². The SMILES string of the molecule is CC(C)(C)CC(C)(C)c1ccc(OCCOCC[N+](C)(C)Cc2ccc(OCc3cccc(Cl)c3)cc2)cc1. The molecule has 39 heavy (non-hydrogen) atoms. The lowest BCUT2D eigenvalue weighted by Crippen LogP contribution is -2.41. The lowest BCUT2D eigenvalue weighted by atomic mass is 9.72. The summed E-state index contributed by atoms with van der Waals surface area (Å²) in [6, 6.07) is 24.6. The maximum absolute atomic E-state index is 6.05. The van der Waals surface area contributed by atoms with Gasteiger partial charge in [-0.1, -0.05) is 70.5 Å². The standard InChI is InChI=1S/C34H47ClNO3/c1-33(2,3)26-34(4,5)29-13-17-31(18-14-29)38-22-21-37-20-19-36(6,7)24-27-11-15-32(16-12-27)39-25-28-9-8-10-30(35)23-28/h8-18,23H,19-22,24-26H2,1-7H3/q+1. The predicted octanol–water partition coefficient (Wildman–Crippen LogP) is 8.30. The number of ether oxygens (including phenoxy) is 3. The van der Waals surface area contributed by atoms with Gasteiger partial charge in [0.15, 0.2) is 0 Å². The summed E-state index contributed by atoms with van der Waals surface area (Å²) in [4.78, 5) is 0. The van der Waals surface area contributed by atoms with E-state index in [1.165, 1.54) is 11.1 Å². The largest absolute Gasteiger partial charge is 0.491 e. The lowest BCUT2D eigenvalue weighted by Gasteiger charge is -2.33. The number of hydrogen-bond donors (Lipinski definition) is 0. The average Bonchev–Trinajstić information content (AvgIpc) is 2.84. The fourth-order valence-corrected chi connectivity index (χ4v) is 5.33. The van der Waals surface area contributed by atoms with Crippen LogP contribution in [0.3, 0.4) is 0 Å². The topological polar surface area (TPSA) is 27.7 Å². The van der Waals surface area contributed by atoms with Crippen LogP contribution >= 0.6 is 11.6 Å². The Morgan fingerprint density at radius 3 is 2.00 bits per heavy atom. The van der Waals surface area contributed by atoms with Gasteiger partial charge in [-0.2, -0.15) is 0 Å². The minimum absolute atomic E-state index is 0.137. The Morgan fingerprint density at radius 1 is 0.718 bits per heavy atom. The van der Waals surface area contributed by atoms with Gasteiger partial charge in [0.2, 0.25) is 0 Å². The van der Waals surface area contributed by atoms with E-state index in [-0.39, 0.29) is 5.41 Å². The first kappa shape index (κ1) is 31.0. The number of halogens is 1. The Balaban J connectivity index is 1.34. The summed E-state index contributed by atoms with van der Waals surface area (Å²) in [5.41, 5.74) is 4.11. The Hall–Kier alpha value is -2.53. The van der Waals surface area contributed by atoms with Crippen LogP contribution in [0.15, 0.2) is 72.8 Å². The van der Waals surface area contributed by atoms with Crippen molar-refractivity contribution < 1.29 is 18.7 Å². The van der Waals surface area contributed by atoms with Crippen molar-refractivity contribution in [1.29, 1.82) is 0 Å². The Bertz CT molecular complexity index is 1150. The van der Waals surface area contributed by atoms with Crippen LogP contribution in [0.4, 0.5) is 0 Å². The molecule has 0 saturated heterocycles. The Labute approximate surface area is 241 Å². The molecule has 3 aromatic carbocycles. The molecule has 0 radical (unpaired) electrons. The van der Waals surface area contributed by atoms with Gasteiger partial charge in [-0.15, -0.1) is 0 Å². The normalized spacial score (nSPS) is 12.4. The van der Waals surface area contributed by atoms with Crippen LogP contribution in [0.1, 0.15) is 57.7 Å². The predicted molar refractivity (Wildman–Crippen MR) is 163 cm³/mol. The maximum Gasteiger partial charge on any atom is 0.119 e. The molecule has 0 fully saturated rings. The van der Waals surface area contributed by atoms with E-state index in [0.29, 0.717) is 31.8 Å². The van der Waals surface area contributed by atoms with Gasteiger partial charge in [-0.25, -0.2) is 0 Å². The summed E-state index contributed by atoms with van der Waals surface area (Å²) in [5, 5.41) is 0.726. The molecule has 0 aliphatic heterocycles. The number of benzene rings is 3. The Morgan fingerprint density at radius 2 is 1.36 bits per heavy atom. The van der Waals surface area contributed by atoms with E-state index in [1.54, 1.807) is 0 Å². The number of hydrogen-bond acceptors (Lipinski definition) is 3. The summed E-state index contributed by atoms with van der Waals surface area (Å²) in [7, 11) is 4.46. The molecule has 0 aliphatic rings. The van der Waals surface area contributed by atoms with Crippen molar-refractivity contribution in [2.24, 2.45) is 5.41 Å². The molecule has 0 amide bonds. The van der Waals surface area contributed by atoms with Gasteiger partial charge in [-0.05, 0) is 76.9 Å². The van der Waals surface area contributed by atoms with E-state index < -0.39 is 0 Å². The Kier molecular flexibility index (Phi) is 10.9. The molecule has 0 heterocycles. The highest BCUT2D eigenvalue weighted by Crippen LogP contribution is 2.36. The van der Waals surface area contributed by atoms with Gasteiger partial charge < -0.3 is 18.7 Å². The van der Waals surface area contributed by atoms with Gasteiger partial charge in [0, 0.05) is 10.6 Å². The summed E-state index contributed by atoms with van der Waals surface area (Å²) in [6.45, 7) is 15.7. The molecule has 3 aromatic rings. The molecule has 4 nitrogen and oxygen atoms in total. The average molecular weight is 553 g/mol. The van der Waals surface area contributed by atoms with E-state index in [4.69, 9.17) is 25.8 Å². The fraction of sp³-hybridized carbons (Fsp3) is 0.471. The van der Waals surface area contributed by atoms with Crippen LogP contribution < -0.4 is 9.47 Å². The van der Waals surface area contributed by atoms with Crippen molar-refractivity contribution >= 4 is 11.6 Å². The summed E-state index contributed by atoms with van der Waals surface area (Å²) < 4.78 is 18.6. The lowest BCUT2D eigenvalue weighted by molar-refractivity contribution is -0.904. The third-order valence-electron chi connectivity index (χ3n) is 6.77. The van der Waals surface area contributed by atoms with Gasteiger partial charge in [0.1, 0.15) is 37.8 Å². The van der Waals surface area contributed by atoms with Crippen molar-refractivity contribution in [3.05, 3.63) is 94.5 Å². The van der Waals surface area contributed by atoms with E-state index in [1.807, 2.05) is 36.4 Å². The molecule has 0 spiro atoms. The van der Waals surface area contributed by atoms with Gasteiger partial charge in [0.25, 0.3) is 0 Å². The minimum Gasteiger partial charge on any atom is -0.491 e. The third-order valence-corrected chi connectivity index (χ3v) is 7.01. The van der Waals surface area contributed by atoms with Gasteiger partial charge in [-0.3, -0.25) is 0 Å². The number of quaternary nitrogens is 1. The number of likely N-dealkylation sites (N-methyl/N-ethyl adjacent to an activating group) is 1. The van der Waals surface area contributed by atoms with E-state index in [2.05, 4.69) is 85.1 Å². The molecule has 0 N–H and O–H groups in total. The summed E-state index contributed by atoms with van der Waals surface area (Å²) in [5.74, 6) is 1.75. The zero-order valence-electron chi connectivity index (χ0n) is 24.9. The van der Waals surface area contributed by atoms with Crippen molar-refractivity contribution in [2.75, 3.05) is 40.5 Å². The molecular formula is C34H47ClNO3+. The van der Waals surface area contributed by atoms with E-state index in [0.717, 1.165) is 46.1 Å². The van der Waals surface area contributed by atoms with Crippen LogP contribution in [0.5, 0.6) is 11.5 Å². The third kappa shape index (κ3) is 11.2. The van der Waals surface area contributed by atoms with Crippen molar-refractivity contribution in [1.82, 2.24) is 0 Å². The molecule has 0 aromatic heterocycles. The van der Waals surface area contributed by atoms with Crippen LogP contribution in [0.2, 0.25) is 5.02 Å². The summed E-state index contributed by atoms with van der Waals surface area (Å²) in [6.07, 6.45) is 1.13. The minimum atomic E-state index is 0.137. The number of nitrogens with zero attached hydrogens (tertiary/aromatic N) is 1. The first-order valence-electron chi connectivity index (χ1n) is 13.9. The second kappa shape index (κ2) is 13.7. The van der Waals surface area contributed by atoms with Gasteiger partial charge >= 0.3 is 0 Å². The second-order valence-electron chi connectivity index (χ2n) is 13.0. The van der Waals surface area contributed by atoms with Crippen LogP contribution in [-0.4, -0.2) is 44.9 Å². The first-order valence-corrected chi connectivity index (χ1v) is 14.3. The molecule has 3 rings (SSSR count). The van der Waals surface area contributed by atoms with E-state index in [9.17, 15) is 0 Å². The molecule has 0 atom stereocenters. The smallest absolute Gasteiger partial charge is 0.119 e. The zero-order chi connectivity index (χ0) is 28.5. The van der Waals surface area contributed by atoms with Crippen LogP contribution in [0, 0.1) is 5.41 Å². The summed E-state index contributed by atoms with van der Waals surface area (Å²) >= 11 is 6.05. The highest BCUT2D eigenvalue weighted by Gasteiger charge is 2.27. The fourth-order valence-electron chi connectivity index (χ4n) is 5.12. The quantitative estimate of drug-likeness (QED) is 0.149. The highest BCUT2D eigenvalue weighted by atomic mass is 35.5. The van der Waals surface area contributed by atoms with Crippen molar-refractivity contribution in [3.8, 4) is 11.5 Å². The van der Waals surface area contributed by atoms with Crippen LogP contribution in [0.25, 0.3) is 0 Å². The second-order valence-corrected chi connectivity index (χ2v) is 13.4. The molecule has 212 valence electrons. The highest BCUT2D eigenvalue weighted by molar-refractivity contribution is 6.30. The zero-order valence-corrected chi connectivity index (χ0v) is 25.7. The molecule has 0 saturated carbocycles. The molecule has 5 heteroatoms. The van der Waals surface area contributed by atoms with E-state index >= 15 is 0 Å². The van der Waals surface area contributed by atoms with Gasteiger partial charge in [0.05, 0.1) is 27.3 Å².